The first-order chi connectivity index (χ1) is 12.6. The van der Waals surface area contributed by atoms with E-state index in [1.807, 2.05) is 6.20 Å². The number of furan rings is 1. The fourth-order valence-corrected chi connectivity index (χ4v) is 3.77. The molecule has 0 saturated heterocycles. The minimum atomic E-state index is 0.365. The fourth-order valence-electron chi connectivity index (χ4n) is 2.65. The summed E-state index contributed by atoms with van der Waals surface area (Å²) in [5, 5.41) is 8.98. The topological polar surface area (TPSA) is 69.9 Å². The Hall–Kier alpha value is -2.32. The second-order valence-corrected chi connectivity index (χ2v) is 7.54. The molecule has 132 valence electrons. The molecular formula is C18H15BrN4O2S. The third-order valence-electron chi connectivity index (χ3n) is 3.67. The third-order valence-corrected chi connectivity index (χ3v) is 5.04. The van der Waals surface area contributed by atoms with E-state index in [9.17, 15) is 0 Å². The van der Waals surface area contributed by atoms with E-state index < -0.39 is 0 Å². The standard InChI is InChI=1S/C18H15BrN4O2S/c1-11-7-12(2)9-13(8-11)23-6-5-20-18(23)26-10-16-21-22-17(25-16)14-3-4-15(19)24-14/h3-9H,10H2,1-2H3. The highest BCUT2D eigenvalue weighted by Gasteiger charge is 2.14. The summed E-state index contributed by atoms with van der Waals surface area (Å²) in [5.41, 5.74) is 3.53. The van der Waals surface area contributed by atoms with E-state index in [0.29, 0.717) is 28.0 Å². The zero-order chi connectivity index (χ0) is 18.1. The van der Waals surface area contributed by atoms with E-state index in [2.05, 4.69) is 67.7 Å². The summed E-state index contributed by atoms with van der Waals surface area (Å²) in [5.74, 6) is 1.95. The van der Waals surface area contributed by atoms with Crippen LogP contribution >= 0.6 is 27.7 Å². The van der Waals surface area contributed by atoms with Gasteiger partial charge in [-0.2, -0.15) is 0 Å². The molecule has 0 spiro atoms. The summed E-state index contributed by atoms with van der Waals surface area (Å²) < 4.78 is 13.8. The van der Waals surface area contributed by atoms with Crippen molar-refractivity contribution >= 4 is 27.7 Å². The highest BCUT2D eigenvalue weighted by molar-refractivity contribution is 9.10. The minimum Gasteiger partial charge on any atom is -0.444 e. The molecule has 0 aliphatic heterocycles. The lowest BCUT2D eigenvalue weighted by Gasteiger charge is -2.09. The number of benzene rings is 1. The van der Waals surface area contributed by atoms with Crippen LogP contribution in [0.5, 0.6) is 0 Å². The highest BCUT2D eigenvalue weighted by Crippen LogP contribution is 2.27. The highest BCUT2D eigenvalue weighted by atomic mass is 79.9. The van der Waals surface area contributed by atoms with Gasteiger partial charge in [0, 0.05) is 18.1 Å². The largest absolute Gasteiger partial charge is 0.444 e. The molecule has 0 aliphatic rings. The van der Waals surface area contributed by atoms with Gasteiger partial charge in [-0.15, -0.1) is 10.2 Å². The predicted molar refractivity (Wildman–Crippen MR) is 102 cm³/mol. The van der Waals surface area contributed by atoms with Gasteiger partial charge in [-0.25, -0.2) is 4.98 Å². The van der Waals surface area contributed by atoms with Crippen molar-refractivity contribution in [1.29, 1.82) is 0 Å². The van der Waals surface area contributed by atoms with E-state index >= 15 is 0 Å². The Labute approximate surface area is 162 Å². The monoisotopic (exact) mass is 430 g/mol. The SMILES string of the molecule is Cc1cc(C)cc(-n2ccnc2SCc2nnc(-c3ccc(Br)o3)o2)c1. The molecule has 8 heteroatoms. The number of hydrogen-bond acceptors (Lipinski definition) is 6. The van der Waals surface area contributed by atoms with Gasteiger partial charge in [0.1, 0.15) is 0 Å². The van der Waals surface area contributed by atoms with E-state index in [4.69, 9.17) is 8.83 Å². The van der Waals surface area contributed by atoms with Gasteiger partial charge in [-0.1, -0.05) is 17.8 Å². The van der Waals surface area contributed by atoms with Gasteiger partial charge in [-0.3, -0.25) is 4.57 Å². The van der Waals surface area contributed by atoms with Gasteiger partial charge in [0.25, 0.3) is 5.89 Å². The molecular weight excluding hydrogens is 416 g/mol. The molecule has 1 aromatic carbocycles. The fraction of sp³-hybridized carbons (Fsp3) is 0.167. The van der Waals surface area contributed by atoms with Crippen LogP contribution in [0.2, 0.25) is 0 Å². The summed E-state index contributed by atoms with van der Waals surface area (Å²) in [7, 11) is 0. The average Bonchev–Trinajstić information content (AvgIpc) is 3.32. The van der Waals surface area contributed by atoms with Gasteiger partial charge in [0.05, 0.1) is 5.75 Å². The summed E-state index contributed by atoms with van der Waals surface area (Å²) >= 11 is 4.80. The van der Waals surface area contributed by atoms with Gasteiger partial charge < -0.3 is 8.83 Å². The maximum Gasteiger partial charge on any atom is 0.283 e. The number of aromatic nitrogens is 4. The number of rotatable bonds is 5. The average molecular weight is 431 g/mol. The summed E-state index contributed by atoms with van der Waals surface area (Å²) in [4.78, 5) is 4.45. The lowest BCUT2D eigenvalue weighted by atomic mass is 10.1. The molecule has 0 atom stereocenters. The van der Waals surface area contributed by atoms with E-state index in [-0.39, 0.29) is 0 Å². The lowest BCUT2D eigenvalue weighted by molar-refractivity contribution is 0.486. The van der Waals surface area contributed by atoms with Crippen LogP contribution < -0.4 is 0 Å². The normalized spacial score (nSPS) is 11.2. The number of hydrogen-bond donors (Lipinski definition) is 0. The lowest BCUT2D eigenvalue weighted by Crippen LogP contribution is -1.97. The number of aryl methyl sites for hydroxylation is 2. The van der Waals surface area contributed by atoms with Crippen LogP contribution in [-0.2, 0) is 5.75 Å². The smallest absolute Gasteiger partial charge is 0.283 e. The van der Waals surface area contributed by atoms with Crippen molar-refractivity contribution in [3.63, 3.8) is 0 Å². The minimum absolute atomic E-state index is 0.365. The van der Waals surface area contributed by atoms with Crippen LogP contribution in [-0.4, -0.2) is 19.7 Å². The van der Waals surface area contributed by atoms with Crippen molar-refractivity contribution in [2.24, 2.45) is 0 Å². The second kappa shape index (κ2) is 7.13. The Balaban J connectivity index is 1.51. The molecule has 0 fully saturated rings. The Morgan fingerprint density at radius 2 is 1.88 bits per heavy atom. The van der Waals surface area contributed by atoms with Crippen LogP contribution in [0.15, 0.2) is 61.4 Å². The summed E-state index contributed by atoms with van der Waals surface area (Å²) in [6.07, 6.45) is 3.75. The molecule has 3 aromatic heterocycles. The molecule has 0 radical (unpaired) electrons. The van der Waals surface area contributed by atoms with Gasteiger partial charge >= 0.3 is 0 Å². The van der Waals surface area contributed by atoms with E-state index in [0.717, 1.165) is 10.8 Å². The van der Waals surface area contributed by atoms with Crippen molar-refractivity contribution in [3.8, 4) is 17.3 Å². The Kier molecular flexibility index (Phi) is 4.69. The molecule has 26 heavy (non-hydrogen) atoms. The summed E-state index contributed by atoms with van der Waals surface area (Å²) in [6, 6.07) is 9.99. The van der Waals surface area contributed by atoms with Crippen molar-refractivity contribution in [1.82, 2.24) is 19.7 Å². The van der Waals surface area contributed by atoms with Crippen molar-refractivity contribution in [2.75, 3.05) is 0 Å². The van der Waals surface area contributed by atoms with Gasteiger partial charge in [-0.05, 0) is 65.2 Å². The Morgan fingerprint density at radius 3 is 2.62 bits per heavy atom. The maximum absolute atomic E-state index is 5.67. The number of thioether (sulfide) groups is 1. The molecule has 0 saturated carbocycles. The van der Waals surface area contributed by atoms with Crippen LogP contribution in [0.4, 0.5) is 0 Å². The van der Waals surface area contributed by atoms with E-state index in [1.54, 1.807) is 30.1 Å². The molecule has 6 nitrogen and oxygen atoms in total. The predicted octanol–water partition coefficient (Wildman–Crippen LogP) is 5.19. The quantitative estimate of drug-likeness (QED) is 0.405. The third kappa shape index (κ3) is 3.61. The molecule has 0 bridgehead atoms. The Morgan fingerprint density at radius 1 is 1.08 bits per heavy atom. The molecule has 4 rings (SSSR count). The number of nitrogens with zero attached hydrogens (tertiary/aromatic N) is 4. The number of imidazole rings is 1. The summed E-state index contributed by atoms with van der Waals surface area (Å²) in [6.45, 7) is 4.18. The maximum atomic E-state index is 5.67. The molecule has 4 aromatic rings. The van der Waals surface area contributed by atoms with Crippen molar-refractivity contribution < 1.29 is 8.83 Å². The van der Waals surface area contributed by atoms with Gasteiger partial charge in [0.2, 0.25) is 5.89 Å². The van der Waals surface area contributed by atoms with Crippen molar-refractivity contribution in [2.45, 2.75) is 24.8 Å². The Bertz CT molecular complexity index is 1030. The van der Waals surface area contributed by atoms with Crippen LogP contribution in [0, 0.1) is 13.8 Å². The van der Waals surface area contributed by atoms with Crippen LogP contribution in [0.3, 0.4) is 0 Å². The molecule has 0 N–H and O–H groups in total. The molecule has 3 heterocycles. The van der Waals surface area contributed by atoms with Crippen molar-refractivity contribution in [3.05, 3.63) is 64.4 Å². The zero-order valence-corrected chi connectivity index (χ0v) is 16.5. The molecule has 0 unspecified atom stereocenters. The first kappa shape index (κ1) is 17.1. The van der Waals surface area contributed by atoms with E-state index in [1.165, 1.54) is 11.1 Å². The molecule has 0 amide bonds. The molecule has 0 aliphatic carbocycles. The second-order valence-electron chi connectivity index (χ2n) is 5.82. The first-order valence-corrected chi connectivity index (χ1v) is 9.69. The first-order valence-electron chi connectivity index (χ1n) is 7.91. The zero-order valence-electron chi connectivity index (χ0n) is 14.1. The van der Waals surface area contributed by atoms with Crippen LogP contribution in [0.1, 0.15) is 17.0 Å². The van der Waals surface area contributed by atoms with Gasteiger partial charge in [0.15, 0.2) is 15.6 Å². The number of halogens is 1. The van der Waals surface area contributed by atoms with Crippen LogP contribution in [0.25, 0.3) is 17.3 Å².